The monoisotopic (exact) mass is 176 g/mol. The molecule has 1 unspecified atom stereocenters. The molecule has 11 heavy (non-hydrogen) atoms. The zero-order valence-electron chi connectivity index (χ0n) is 5.89. The van der Waals surface area contributed by atoms with Gasteiger partial charge in [-0.2, -0.15) is 17.0 Å². The summed E-state index contributed by atoms with van der Waals surface area (Å²) < 4.78 is 24.5. The normalized spacial score (nSPS) is 23.9. The molecule has 1 nitrogen and oxygen atoms in total. The molecule has 1 rings (SSSR count). The van der Waals surface area contributed by atoms with Gasteiger partial charge in [0, 0.05) is 5.92 Å². The first-order valence-corrected chi connectivity index (χ1v) is 4.39. The van der Waals surface area contributed by atoms with Crippen LogP contribution in [-0.4, -0.2) is 17.9 Å². The molecule has 0 saturated carbocycles. The lowest BCUT2D eigenvalue weighted by atomic mass is 9.80. The first kappa shape index (κ1) is 8.79. The van der Waals surface area contributed by atoms with Gasteiger partial charge in [0.05, 0.1) is 6.07 Å². The van der Waals surface area contributed by atoms with Crippen molar-refractivity contribution in [3.8, 4) is 6.07 Å². The molecule has 1 atom stereocenters. The van der Waals surface area contributed by atoms with Crippen LogP contribution in [-0.2, 0) is 0 Å². The van der Waals surface area contributed by atoms with Crippen molar-refractivity contribution in [3.05, 3.63) is 6.92 Å². The maximum absolute atomic E-state index is 12.3. The van der Waals surface area contributed by atoms with Crippen molar-refractivity contribution in [3.63, 3.8) is 0 Å². The highest BCUT2D eigenvalue weighted by Gasteiger charge is 2.46. The van der Waals surface area contributed by atoms with Crippen LogP contribution in [0.4, 0.5) is 8.78 Å². The second-order valence-electron chi connectivity index (χ2n) is 2.69. The van der Waals surface area contributed by atoms with Gasteiger partial charge in [-0.25, -0.2) is 8.78 Å². The SMILES string of the molecule is [CH2]C(C#N)(C(F)F)C1CSC1. The van der Waals surface area contributed by atoms with Gasteiger partial charge >= 0.3 is 0 Å². The Balaban J connectivity index is 2.67. The molecular weight excluding hydrogens is 168 g/mol. The van der Waals surface area contributed by atoms with Crippen molar-refractivity contribution in [1.82, 2.24) is 0 Å². The summed E-state index contributed by atoms with van der Waals surface area (Å²) in [4.78, 5) is 0. The van der Waals surface area contributed by atoms with Crippen LogP contribution in [0.25, 0.3) is 0 Å². The van der Waals surface area contributed by atoms with Crippen molar-refractivity contribution in [2.75, 3.05) is 11.5 Å². The molecule has 0 aromatic heterocycles. The summed E-state index contributed by atoms with van der Waals surface area (Å²) in [5, 5.41) is 8.49. The van der Waals surface area contributed by atoms with Crippen LogP contribution in [0.3, 0.4) is 0 Å². The van der Waals surface area contributed by atoms with Gasteiger partial charge < -0.3 is 0 Å². The summed E-state index contributed by atoms with van der Waals surface area (Å²) in [6.45, 7) is 3.29. The molecule has 4 heteroatoms. The molecule has 0 aliphatic carbocycles. The van der Waals surface area contributed by atoms with E-state index in [1.54, 1.807) is 17.8 Å². The number of halogens is 2. The molecule has 0 aromatic rings. The van der Waals surface area contributed by atoms with Crippen molar-refractivity contribution in [2.45, 2.75) is 6.43 Å². The standard InChI is InChI=1S/C7H8F2NS/c1-7(4-10,6(8)9)5-2-11-3-5/h5-6H,1-3H2. The number of hydrogen-bond acceptors (Lipinski definition) is 2. The molecule has 61 valence electrons. The van der Waals surface area contributed by atoms with E-state index >= 15 is 0 Å². The zero-order chi connectivity index (χ0) is 8.48. The highest BCUT2D eigenvalue weighted by molar-refractivity contribution is 8.00. The van der Waals surface area contributed by atoms with Crippen molar-refractivity contribution >= 4 is 11.8 Å². The van der Waals surface area contributed by atoms with E-state index in [4.69, 9.17) is 5.26 Å². The van der Waals surface area contributed by atoms with Crippen LogP contribution in [0.1, 0.15) is 0 Å². The van der Waals surface area contributed by atoms with Gasteiger partial charge in [0.1, 0.15) is 5.41 Å². The maximum atomic E-state index is 12.3. The Labute approximate surface area is 68.8 Å². The molecule has 0 bridgehead atoms. The van der Waals surface area contributed by atoms with Crippen LogP contribution in [0.5, 0.6) is 0 Å². The molecule has 1 fully saturated rings. The molecule has 0 aromatic carbocycles. The van der Waals surface area contributed by atoms with Gasteiger partial charge in [-0.3, -0.25) is 0 Å². The number of alkyl halides is 2. The van der Waals surface area contributed by atoms with E-state index in [1.165, 1.54) is 0 Å². The fourth-order valence-corrected chi connectivity index (χ4v) is 1.92. The quantitative estimate of drug-likeness (QED) is 0.642. The first-order valence-electron chi connectivity index (χ1n) is 3.23. The molecule has 1 aliphatic rings. The zero-order valence-corrected chi connectivity index (χ0v) is 6.70. The highest BCUT2D eigenvalue weighted by atomic mass is 32.2. The van der Waals surface area contributed by atoms with Crippen LogP contribution in [0.15, 0.2) is 0 Å². The van der Waals surface area contributed by atoms with E-state index in [1.807, 2.05) is 0 Å². The Kier molecular flexibility index (Phi) is 2.38. The summed E-state index contributed by atoms with van der Waals surface area (Å²) >= 11 is 1.58. The lowest BCUT2D eigenvalue weighted by Gasteiger charge is -2.36. The number of rotatable bonds is 2. The molecule has 1 heterocycles. The Bertz CT molecular complexity index is 185. The average Bonchev–Trinajstić information content (AvgIpc) is 1.83. The first-order chi connectivity index (χ1) is 5.11. The largest absolute Gasteiger partial charge is 0.257 e. The minimum absolute atomic E-state index is 0.225. The van der Waals surface area contributed by atoms with E-state index in [0.29, 0.717) is 11.5 Å². The molecule has 1 saturated heterocycles. The van der Waals surface area contributed by atoms with Gasteiger partial charge in [-0.1, -0.05) is 0 Å². The summed E-state index contributed by atoms with van der Waals surface area (Å²) in [6.07, 6.45) is -2.63. The third-order valence-corrected chi connectivity index (χ3v) is 3.24. The minimum atomic E-state index is -2.63. The molecular formula is C7H8F2NS. The molecule has 0 amide bonds. The third-order valence-electron chi connectivity index (χ3n) is 1.96. The molecule has 1 aliphatic heterocycles. The third kappa shape index (κ3) is 1.34. The van der Waals surface area contributed by atoms with E-state index < -0.39 is 11.8 Å². The minimum Gasteiger partial charge on any atom is -0.209 e. The average molecular weight is 176 g/mol. The van der Waals surface area contributed by atoms with Gasteiger partial charge in [-0.15, -0.1) is 0 Å². The van der Waals surface area contributed by atoms with Crippen molar-refractivity contribution in [1.29, 1.82) is 5.26 Å². The van der Waals surface area contributed by atoms with Gasteiger partial charge in [0.25, 0.3) is 6.43 Å². The highest BCUT2D eigenvalue weighted by Crippen LogP contribution is 2.42. The number of nitriles is 1. The maximum Gasteiger partial charge on any atom is 0.257 e. The second-order valence-corrected chi connectivity index (χ2v) is 3.76. The van der Waals surface area contributed by atoms with Gasteiger partial charge in [0.15, 0.2) is 0 Å². The number of thioether (sulfide) groups is 1. The van der Waals surface area contributed by atoms with Crippen LogP contribution >= 0.6 is 11.8 Å². The Morgan fingerprint density at radius 2 is 2.18 bits per heavy atom. The smallest absolute Gasteiger partial charge is 0.209 e. The number of hydrogen-bond donors (Lipinski definition) is 0. The van der Waals surface area contributed by atoms with Gasteiger partial charge in [-0.05, 0) is 18.4 Å². The topological polar surface area (TPSA) is 23.8 Å². The Morgan fingerprint density at radius 1 is 1.64 bits per heavy atom. The van der Waals surface area contributed by atoms with Crippen LogP contribution in [0.2, 0.25) is 0 Å². The summed E-state index contributed by atoms with van der Waals surface area (Å²) in [5.41, 5.74) is -1.66. The molecule has 1 radical (unpaired) electrons. The van der Waals surface area contributed by atoms with E-state index in [-0.39, 0.29) is 5.92 Å². The molecule has 0 spiro atoms. The Morgan fingerprint density at radius 3 is 2.27 bits per heavy atom. The fourth-order valence-electron chi connectivity index (χ4n) is 0.851. The van der Waals surface area contributed by atoms with Gasteiger partial charge in [0.2, 0.25) is 0 Å². The summed E-state index contributed by atoms with van der Waals surface area (Å²) in [6, 6.07) is 1.61. The van der Waals surface area contributed by atoms with E-state index in [2.05, 4.69) is 6.92 Å². The Hall–Kier alpha value is -0.300. The van der Waals surface area contributed by atoms with Crippen molar-refractivity contribution in [2.24, 2.45) is 11.3 Å². The predicted molar refractivity (Wildman–Crippen MR) is 40.2 cm³/mol. The van der Waals surface area contributed by atoms with Crippen LogP contribution < -0.4 is 0 Å². The van der Waals surface area contributed by atoms with E-state index in [0.717, 1.165) is 0 Å². The van der Waals surface area contributed by atoms with Crippen molar-refractivity contribution < 1.29 is 8.78 Å². The molecule has 0 N–H and O–H groups in total. The van der Waals surface area contributed by atoms with Crippen LogP contribution in [0, 0.1) is 29.6 Å². The lowest BCUT2D eigenvalue weighted by Crippen LogP contribution is -2.41. The summed E-state index contributed by atoms with van der Waals surface area (Å²) in [7, 11) is 0. The summed E-state index contributed by atoms with van der Waals surface area (Å²) in [5.74, 6) is 1.06. The number of nitrogens with zero attached hydrogens (tertiary/aromatic N) is 1. The fraction of sp³-hybridized carbons (Fsp3) is 0.714. The lowest BCUT2D eigenvalue weighted by molar-refractivity contribution is 0.0325. The second kappa shape index (κ2) is 2.98. The predicted octanol–water partition coefficient (Wildman–Crippen LogP) is 1.96. The van der Waals surface area contributed by atoms with E-state index in [9.17, 15) is 8.78 Å².